The molecule has 7 heteroatoms. The molecule has 0 aliphatic carbocycles. The van der Waals surface area contributed by atoms with E-state index in [0.29, 0.717) is 38.9 Å². The number of amides is 2. The molecule has 3 heterocycles. The van der Waals surface area contributed by atoms with Gasteiger partial charge in [-0.25, -0.2) is 4.79 Å². The van der Waals surface area contributed by atoms with E-state index < -0.39 is 6.04 Å². The molecule has 136 valence electrons. The van der Waals surface area contributed by atoms with Gasteiger partial charge in [0.05, 0.1) is 12.0 Å². The van der Waals surface area contributed by atoms with Gasteiger partial charge in [0.15, 0.2) is 0 Å². The minimum Gasteiger partial charge on any atom is -0.467 e. The molecule has 0 bridgehead atoms. The van der Waals surface area contributed by atoms with Crippen molar-refractivity contribution in [3.8, 4) is 0 Å². The predicted molar refractivity (Wildman–Crippen MR) is 94.3 cm³/mol. The molecule has 0 aromatic carbocycles. The van der Waals surface area contributed by atoms with E-state index >= 15 is 0 Å². The molecule has 6 nitrogen and oxygen atoms in total. The van der Waals surface area contributed by atoms with E-state index in [9.17, 15) is 14.4 Å². The molecule has 0 radical (unpaired) electrons. The summed E-state index contributed by atoms with van der Waals surface area (Å²) in [6.45, 7) is 1.79. The van der Waals surface area contributed by atoms with E-state index in [1.54, 1.807) is 4.90 Å². The first-order chi connectivity index (χ1) is 12.1. The van der Waals surface area contributed by atoms with E-state index in [-0.39, 0.29) is 23.7 Å². The lowest BCUT2D eigenvalue weighted by molar-refractivity contribution is -0.156. The van der Waals surface area contributed by atoms with Crippen molar-refractivity contribution in [2.24, 2.45) is 5.92 Å². The van der Waals surface area contributed by atoms with Crippen LogP contribution in [0.4, 0.5) is 0 Å². The maximum Gasteiger partial charge on any atom is 0.328 e. The van der Waals surface area contributed by atoms with Gasteiger partial charge in [0.2, 0.25) is 5.91 Å². The van der Waals surface area contributed by atoms with E-state index in [1.165, 1.54) is 18.4 Å². The number of piperidine rings is 2. The Morgan fingerprint density at radius 1 is 1.12 bits per heavy atom. The predicted octanol–water partition coefficient (Wildman–Crippen LogP) is 2.15. The third kappa shape index (κ3) is 3.86. The monoisotopic (exact) mass is 364 g/mol. The van der Waals surface area contributed by atoms with E-state index in [2.05, 4.69) is 0 Å². The Hall–Kier alpha value is -1.89. The van der Waals surface area contributed by atoms with Crippen LogP contribution < -0.4 is 0 Å². The van der Waals surface area contributed by atoms with Crippen molar-refractivity contribution in [2.75, 3.05) is 26.7 Å². The number of carbonyl (C=O) groups excluding carboxylic acids is 3. The maximum atomic E-state index is 12.9. The molecular weight excluding hydrogens is 340 g/mol. The molecule has 0 N–H and O–H groups in total. The van der Waals surface area contributed by atoms with Crippen LogP contribution in [-0.2, 0) is 14.3 Å². The summed E-state index contributed by atoms with van der Waals surface area (Å²) in [5.41, 5.74) is 0. The van der Waals surface area contributed by atoms with Gasteiger partial charge in [-0.3, -0.25) is 9.59 Å². The van der Waals surface area contributed by atoms with E-state index in [0.717, 1.165) is 17.7 Å². The summed E-state index contributed by atoms with van der Waals surface area (Å²) < 4.78 is 4.86. The number of rotatable bonds is 3. The molecule has 2 saturated heterocycles. The van der Waals surface area contributed by atoms with Crippen LogP contribution in [0.3, 0.4) is 0 Å². The molecule has 2 fully saturated rings. The molecule has 25 heavy (non-hydrogen) atoms. The van der Waals surface area contributed by atoms with Gasteiger partial charge in [-0.15, -0.1) is 11.3 Å². The number of carbonyl (C=O) groups is 3. The lowest BCUT2D eigenvalue weighted by atomic mass is 9.92. The Balaban J connectivity index is 1.59. The van der Waals surface area contributed by atoms with Crippen LogP contribution in [0.1, 0.15) is 41.8 Å². The van der Waals surface area contributed by atoms with Crippen LogP contribution in [0.2, 0.25) is 0 Å². The number of ether oxygens (including phenoxy) is 1. The summed E-state index contributed by atoms with van der Waals surface area (Å²) in [6, 6.07) is 3.26. The fourth-order valence-electron chi connectivity index (χ4n) is 3.70. The fourth-order valence-corrected chi connectivity index (χ4v) is 4.39. The molecule has 1 unspecified atom stereocenters. The van der Waals surface area contributed by atoms with Crippen LogP contribution in [0.15, 0.2) is 17.5 Å². The summed E-state index contributed by atoms with van der Waals surface area (Å²) in [5, 5.41) is 1.90. The quantitative estimate of drug-likeness (QED) is 0.771. The smallest absolute Gasteiger partial charge is 0.328 e. The molecule has 2 amide bonds. The summed E-state index contributed by atoms with van der Waals surface area (Å²) in [5.74, 6) is -0.347. The molecule has 1 aromatic rings. The Morgan fingerprint density at radius 2 is 1.88 bits per heavy atom. The van der Waals surface area contributed by atoms with E-state index in [1.807, 2.05) is 22.4 Å². The Kier molecular flexibility index (Phi) is 5.73. The zero-order valence-electron chi connectivity index (χ0n) is 14.5. The summed E-state index contributed by atoms with van der Waals surface area (Å²) >= 11 is 1.44. The first kappa shape index (κ1) is 17.9. The highest BCUT2D eigenvalue weighted by atomic mass is 32.1. The second-order valence-corrected chi connectivity index (χ2v) is 7.56. The minimum atomic E-state index is -0.447. The van der Waals surface area contributed by atoms with Crippen LogP contribution in [0.5, 0.6) is 0 Å². The number of hydrogen-bond acceptors (Lipinski definition) is 5. The third-order valence-corrected chi connectivity index (χ3v) is 5.98. The van der Waals surface area contributed by atoms with Crippen molar-refractivity contribution in [1.29, 1.82) is 0 Å². The number of methoxy groups -OCH3 is 1. The van der Waals surface area contributed by atoms with Gasteiger partial charge >= 0.3 is 5.97 Å². The Morgan fingerprint density at radius 3 is 2.52 bits per heavy atom. The van der Waals surface area contributed by atoms with Crippen molar-refractivity contribution in [3.05, 3.63) is 22.4 Å². The van der Waals surface area contributed by atoms with Crippen LogP contribution >= 0.6 is 11.3 Å². The standard InChI is InChI=1S/C18H24N2O4S/c1-24-18(23)14-5-2-3-9-20(14)16(21)13-7-10-19(11-8-13)17(22)15-6-4-12-25-15/h4,6,12-14H,2-3,5,7-11H2,1H3. The minimum absolute atomic E-state index is 0.0401. The number of esters is 1. The number of hydrogen-bond donors (Lipinski definition) is 0. The highest BCUT2D eigenvalue weighted by Crippen LogP contribution is 2.26. The molecule has 2 aliphatic heterocycles. The van der Waals surface area contributed by atoms with Crippen LogP contribution in [0, 0.1) is 5.92 Å². The fraction of sp³-hybridized carbons (Fsp3) is 0.611. The van der Waals surface area contributed by atoms with E-state index in [4.69, 9.17) is 4.74 Å². The summed E-state index contributed by atoms with van der Waals surface area (Å²) in [6.07, 6.45) is 3.85. The Bertz CT molecular complexity index is 623. The van der Waals surface area contributed by atoms with Gasteiger partial charge in [-0.2, -0.15) is 0 Å². The average Bonchev–Trinajstić information content (AvgIpc) is 3.21. The number of thiophene rings is 1. The highest BCUT2D eigenvalue weighted by molar-refractivity contribution is 7.12. The summed E-state index contributed by atoms with van der Waals surface area (Å²) in [7, 11) is 1.37. The molecule has 2 aliphatic rings. The SMILES string of the molecule is COC(=O)C1CCCCN1C(=O)C1CCN(C(=O)c2cccs2)CC1. The molecule has 1 aromatic heterocycles. The maximum absolute atomic E-state index is 12.9. The first-order valence-electron chi connectivity index (χ1n) is 8.83. The van der Waals surface area contributed by atoms with Crippen molar-refractivity contribution in [2.45, 2.75) is 38.1 Å². The average molecular weight is 364 g/mol. The zero-order valence-corrected chi connectivity index (χ0v) is 15.3. The second-order valence-electron chi connectivity index (χ2n) is 6.61. The molecule has 0 spiro atoms. The van der Waals surface area contributed by atoms with Crippen molar-refractivity contribution < 1.29 is 19.1 Å². The zero-order chi connectivity index (χ0) is 17.8. The van der Waals surface area contributed by atoms with Crippen LogP contribution in [-0.4, -0.2) is 60.4 Å². The Labute approximate surface area is 151 Å². The highest BCUT2D eigenvalue weighted by Gasteiger charge is 2.37. The largest absolute Gasteiger partial charge is 0.467 e. The van der Waals surface area contributed by atoms with Gasteiger partial charge in [-0.05, 0) is 43.6 Å². The molecule has 1 atom stereocenters. The molecule has 3 rings (SSSR count). The lowest BCUT2D eigenvalue weighted by Crippen LogP contribution is -2.52. The third-order valence-electron chi connectivity index (χ3n) is 5.12. The normalized spacial score (nSPS) is 21.9. The van der Waals surface area contributed by atoms with Crippen molar-refractivity contribution in [3.63, 3.8) is 0 Å². The van der Waals surface area contributed by atoms with Gasteiger partial charge < -0.3 is 14.5 Å². The molecule has 0 saturated carbocycles. The lowest BCUT2D eigenvalue weighted by Gasteiger charge is -2.38. The summed E-state index contributed by atoms with van der Waals surface area (Å²) in [4.78, 5) is 41.5. The van der Waals surface area contributed by atoms with Crippen molar-refractivity contribution in [1.82, 2.24) is 9.80 Å². The van der Waals surface area contributed by atoms with Gasteiger partial charge in [-0.1, -0.05) is 6.07 Å². The molecular formula is C18H24N2O4S. The van der Waals surface area contributed by atoms with Crippen LogP contribution in [0.25, 0.3) is 0 Å². The number of nitrogens with zero attached hydrogens (tertiary/aromatic N) is 2. The van der Waals surface area contributed by atoms with Crippen molar-refractivity contribution >= 4 is 29.1 Å². The van der Waals surface area contributed by atoms with Gasteiger partial charge in [0, 0.05) is 25.6 Å². The topological polar surface area (TPSA) is 66.9 Å². The first-order valence-corrected chi connectivity index (χ1v) is 9.71. The number of likely N-dealkylation sites (tertiary alicyclic amines) is 2. The second kappa shape index (κ2) is 7.99. The van der Waals surface area contributed by atoms with Gasteiger partial charge in [0.25, 0.3) is 5.91 Å². The van der Waals surface area contributed by atoms with Gasteiger partial charge in [0.1, 0.15) is 6.04 Å².